The zero-order valence-corrected chi connectivity index (χ0v) is 17.2. The van der Waals surface area contributed by atoms with Crippen LogP contribution in [0.4, 0.5) is 15.8 Å². The maximum atomic E-state index is 13.9. The number of halogens is 3. The highest BCUT2D eigenvalue weighted by atomic mass is 127. The van der Waals surface area contributed by atoms with Crippen molar-refractivity contribution >= 4 is 51.5 Å². The number of benzene rings is 2. The second-order valence-electron chi connectivity index (χ2n) is 5.66. The number of aliphatic hydroxyl groups is 1. The zero-order valence-electron chi connectivity index (χ0n) is 14.3. The molecule has 0 saturated carbocycles. The molecule has 140 valence electrons. The summed E-state index contributed by atoms with van der Waals surface area (Å²) in [5.74, 6) is -1.24. The van der Waals surface area contributed by atoms with Gasteiger partial charge in [0.05, 0.1) is 22.9 Å². The quantitative estimate of drug-likeness (QED) is 0.391. The number of aryl methyl sites for hydroxylation is 1. The first-order chi connectivity index (χ1) is 12.3. The van der Waals surface area contributed by atoms with Gasteiger partial charge in [0.2, 0.25) is 0 Å². The summed E-state index contributed by atoms with van der Waals surface area (Å²) in [4.78, 5) is 17.6. The van der Waals surface area contributed by atoms with E-state index in [0.29, 0.717) is 6.42 Å². The molecule has 2 aromatic carbocycles. The van der Waals surface area contributed by atoms with Gasteiger partial charge in [0.25, 0.3) is 5.91 Å². The predicted octanol–water partition coefficient (Wildman–Crippen LogP) is 4.57. The van der Waals surface area contributed by atoms with E-state index in [-0.39, 0.29) is 22.9 Å². The van der Waals surface area contributed by atoms with Gasteiger partial charge in [-0.3, -0.25) is 9.63 Å². The number of hydrogen-bond donors (Lipinski definition) is 3. The van der Waals surface area contributed by atoms with E-state index in [2.05, 4.69) is 33.4 Å². The Morgan fingerprint density at radius 2 is 2.08 bits per heavy atom. The second kappa shape index (κ2) is 9.50. The molecule has 3 N–H and O–H groups in total. The van der Waals surface area contributed by atoms with Gasteiger partial charge in [-0.15, -0.1) is 0 Å². The van der Waals surface area contributed by atoms with Gasteiger partial charge >= 0.3 is 0 Å². The highest BCUT2D eigenvalue weighted by molar-refractivity contribution is 14.1. The summed E-state index contributed by atoms with van der Waals surface area (Å²) in [6, 6.07) is 8.11. The molecule has 1 amide bonds. The monoisotopic (exact) mass is 492 g/mol. The summed E-state index contributed by atoms with van der Waals surface area (Å²) in [5.41, 5.74) is 4.35. The molecule has 8 heteroatoms. The van der Waals surface area contributed by atoms with Crippen LogP contribution in [0.15, 0.2) is 30.3 Å². The summed E-state index contributed by atoms with van der Waals surface area (Å²) >= 11 is 8.04. The fourth-order valence-corrected chi connectivity index (χ4v) is 3.00. The van der Waals surface area contributed by atoms with Crippen LogP contribution in [-0.2, 0) is 4.84 Å². The van der Waals surface area contributed by atoms with Crippen LogP contribution in [0, 0.1) is 16.3 Å². The van der Waals surface area contributed by atoms with Gasteiger partial charge in [-0.25, -0.2) is 9.87 Å². The third kappa shape index (κ3) is 5.29. The molecule has 0 fully saturated rings. The van der Waals surface area contributed by atoms with Gasteiger partial charge in [0.1, 0.15) is 11.9 Å². The maximum Gasteiger partial charge on any atom is 0.277 e. The van der Waals surface area contributed by atoms with E-state index in [0.717, 1.165) is 20.9 Å². The molecule has 2 rings (SSSR count). The molecule has 0 aromatic heterocycles. The highest BCUT2D eigenvalue weighted by Crippen LogP contribution is 2.29. The maximum absolute atomic E-state index is 13.9. The number of aliphatic hydroxyl groups excluding tert-OH is 1. The number of anilines is 2. The minimum Gasteiger partial charge on any atom is -0.394 e. The molecular weight excluding hydrogens is 474 g/mol. The van der Waals surface area contributed by atoms with E-state index in [1.165, 1.54) is 6.07 Å². The number of hydrogen-bond acceptors (Lipinski definition) is 4. The molecule has 0 aliphatic rings. The Morgan fingerprint density at radius 3 is 2.69 bits per heavy atom. The summed E-state index contributed by atoms with van der Waals surface area (Å²) in [7, 11) is 0. The standard InChI is InChI=1S/C18H19ClFIN2O3/c1-3-12(9-24)26-23-18(25)13-7-14(19)15(20)8-17(13)22-16-5-4-11(21)6-10(16)2/h4-8,12,22,24H,3,9H2,1-2H3,(H,23,25). The lowest BCUT2D eigenvalue weighted by molar-refractivity contribution is -0.0408. The first-order valence-corrected chi connectivity index (χ1v) is 9.40. The number of rotatable bonds is 7. The average molecular weight is 493 g/mol. The van der Waals surface area contributed by atoms with E-state index >= 15 is 0 Å². The van der Waals surface area contributed by atoms with Crippen molar-refractivity contribution in [2.24, 2.45) is 0 Å². The number of hydroxylamine groups is 1. The van der Waals surface area contributed by atoms with Crippen molar-refractivity contribution in [3.05, 3.63) is 55.9 Å². The first kappa shape index (κ1) is 20.9. The molecule has 0 bridgehead atoms. The second-order valence-corrected chi connectivity index (χ2v) is 7.31. The van der Waals surface area contributed by atoms with Crippen molar-refractivity contribution in [1.82, 2.24) is 5.48 Å². The molecule has 0 aliphatic heterocycles. The van der Waals surface area contributed by atoms with Crippen LogP contribution in [0.5, 0.6) is 0 Å². The van der Waals surface area contributed by atoms with Crippen molar-refractivity contribution in [3.8, 4) is 0 Å². The number of carbonyl (C=O) groups is 1. The van der Waals surface area contributed by atoms with E-state index < -0.39 is 17.8 Å². The van der Waals surface area contributed by atoms with Gasteiger partial charge < -0.3 is 10.4 Å². The molecule has 0 spiro atoms. The average Bonchev–Trinajstić information content (AvgIpc) is 2.61. The van der Waals surface area contributed by atoms with Crippen molar-refractivity contribution in [1.29, 1.82) is 0 Å². The topological polar surface area (TPSA) is 70.6 Å². The number of carbonyl (C=O) groups excluding carboxylic acids is 1. The zero-order chi connectivity index (χ0) is 19.3. The van der Waals surface area contributed by atoms with Gasteiger partial charge in [0, 0.05) is 9.26 Å². The van der Waals surface area contributed by atoms with Crippen molar-refractivity contribution in [2.45, 2.75) is 26.4 Å². The normalized spacial score (nSPS) is 11.9. The molecule has 0 heterocycles. The van der Waals surface area contributed by atoms with Crippen LogP contribution in [0.2, 0.25) is 5.02 Å². The Labute approximate surface area is 170 Å². The Bertz CT molecular complexity index is 800. The number of amides is 1. The molecule has 1 atom stereocenters. The van der Waals surface area contributed by atoms with Crippen LogP contribution in [0.1, 0.15) is 29.3 Å². The van der Waals surface area contributed by atoms with Gasteiger partial charge in [-0.05, 0) is 71.8 Å². The van der Waals surface area contributed by atoms with E-state index in [1.807, 2.05) is 32.0 Å². The lowest BCUT2D eigenvalue weighted by atomic mass is 10.1. The molecular formula is C18H19ClFIN2O3. The van der Waals surface area contributed by atoms with Gasteiger partial charge in [0.15, 0.2) is 0 Å². The molecule has 0 radical (unpaired) electrons. The SMILES string of the molecule is CCC(CO)ONC(=O)c1cc(Cl)c(F)cc1Nc1ccc(I)cc1C. The molecule has 2 aromatic rings. The largest absolute Gasteiger partial charge is 0.394 e. The summed E-state index contributed by atoms with van der Waals surface area (Å²) < 4.78 is 15.0. The Kier molecular flexibility index (Phi) is 7.63. The van der Waals surface area contributed by atoms with E-state index in [4.69, 9.17) is 21.5 Å². The minimum atomic E-state index is -0.642. The third-order valence-corrected chi connectivity index (χ3v) is 4.70. The summed E-state index contributed by atoms with van der Waals surface area (Å²) in [6.45, 7) is 3.50. The van der Waals surface area contributed by atoms with Crippen LogP contribution in [0.25, 0.3) is 0 Å². The molecule has 26 heavy (non-hydrogen) atoms. The van der Waals surface area contributed by atoms with Gasteiger partial charge in [-0.1, -0.05) is 18.5 Å². The first-order valence-electron chi connectivity index (χ1n) is 7.94. The van der Waals surface area contributed by atoms with E-state index in [9.17, 15) is 9.18 Å². The Morgan fingerprint density at radius 1 is 1.35 bits per heavy atom. The lowest BCUT2D eigenvalue weighted by Crippen LogP contribution is -2.31. The summed E-state index contributed by atoms with van der Waals surface area (Å²) in [6.07, 6.45) is -0.00167. The van der Waals surface area contributed by atoms with Crippen LogP contribution in [-0.4, -0.2) is 23.7 Å². The highest BCUT2D eigenvalue weighted by Gasteiger charge is 2.18. The summed E-state index contributed by atoms with van der Waals surface area (Å²) in [5, 5.41) is 12.0. The molecule has 0 aliphatic carbocycles. The van der Waals surface area contributed by atoms with Crippen molar-refractivity contribution in [2.75, 3.05) is 11.9 Å². The van der Waals surface area contributed by atoms with Gasteiger partial charge in [-0.2, -0.15) is 0 Å². The third-order valence-electron chi connectivity index (χ3n) is 3.74. The smallest absolute Gasteiger partial charge is 0.277 e. The molecule has 1 unspecified atom stereocenters. The Hall–Kier alpha value is -1.42. The lowest BCUT2D eigenvalue weighted by Gasteiger charge is -2.17. The van der Waals surface area contributed by atoms with Crippen molar-refractivity contribution < 1.29 is 19.1 Å². The van der Waals surface area contributed by atoms with Crippen molar-refractivity contribution in [3.63, 3.8) is 0 Å². The van der Waals surface area contributed by atoms with E-state index in [1.54, 1.807) is 0 Å². The van der Waals surface area contributed by atoms with Crippen LogP contribution >= 0.6 is 34.2 Å². The minimum absolute atomic E-state index is 0.127. The predicted molar refractivity (Wildman–Crippen MR) is 108 cm³/mol. The van der Waals surface area contributed by atoms with Crippen LogP contribution < -0.4 is 10.8 Å². The molecule has 5 nitrogen and oxygen atoms in total. The molecule has 0 saturated heterocycles. The Balaban J connectivity index is 2.30. The number of nitrogens with one attached hydrogen (secondary N) is 2. The van der Waals surface area contributed by atoms with Crippen LogP contribution in [0.3, 0.4) is 0 Å². The fraction of sp³-hybridized carbons (Fsp3) is 0.278. The fourth-order valence-electron chi connectivity index (χ4n) is 2.19.